The molecule has 3 aromatic rings. The third-order valence-corrected chi connectivity index (χ3v) is 2.68. The van der Waals surface area contributed by atoms with Crippen molar-refractivity contribution < 1.29 is 0 Å². The molecule has 78 valence electrons. The number of pyridine rings is 1. The molecule has 0 bridgehead atoms. The maximum atomic E-state index is 4.38. The van der Waals surface area contributed by atoms with Crippen molar-refractivity contribution >= 4 is 11.0 Å². The van der Waals surface area contributed by atoms with E-state index < -0.39 is 0 Å². The van der Waals surface area contributed by atoms with Crippen molar-refractivity contribution in [1.29, 1.82) is 0 Å². The van der Waals surface area contributed by atoms with Gasteiger partial charge in [-0.1, -0.05) is 18.2 Å². The zero-order chi connectivity index (χ0) is 11.0. The first-order chi connectivity index (χ1) is 7.86. The molecule has 0 aliphatic heterocycles. The maximum absolute atomic E-state index is 4.38. The number of aromatic nitrogens is 3. The van der Waals surface area contributed by atoms with E-state index in [1.807, 2.05) is 54.5 Å². The first kappa shape index (κ1) is 9.09. The minimum atomic E-state index is 0.983. The summed E-state index contributed by atoms with van der Waals surface area (Å²) in [6, 6.07) is 12.0. The number of fused-ring (bicyclic) bond motifs is 1. The van der Waals surface area contributed by atoms with Gasteiger partial charge in [0.1, 0.15) is 0 Å². The third kappa shape index (κ3) is 1.29. The Labute approximate surface area is 93.4 Å². The highest BCUT2D eigenvalue weighted by atomic mass is 15.0. The number of rotatable bonds is 1. The third-order valence-electron chi connectivity index (χ3n) is 2.68. The molecule has 3 rings (SSSR count). The van der Waals surface area contributed by atoms with E-state index in [2.05, 4.69) is 16.0 Å². The number of nitrogens with zero attached hydrogens (tertiary/aromatic N) is 3. The van der Waals surface area contributed by atoms with Gasteiger partial charge in [0.25, 0.3) is 0 Å². The molecule has 0 N–H and O–H groups in total. The van der Waals surface area contributed by atoms with E-state index in [0.717, 1.165) is 22.3 Å². The Balaban J connectivity index is 2.36. The smallest absolute Gasteiger partial charge is 0.0955 e. The van der Waals surface area contributed by atoms with Crippen LogP contribution >= 0.6 is 0 Å². The fourth-order valence-electron chi connectivity index (χ4n) is 1.94. The molecular formula is C13H11N3. The molecule has 0 aliphatic carbocycles. The first-order valence-electron chi connectivity index (χ1n) is 5.18. The van der Waals surface area contributed by atoms with Crippen LogP contribution in [0.5, 0.6) is 0 Å². The lowest BCUT2D eigenvalue weighted by Gasteiger charge is -2.03. The molecule has 0 saturated heterocycles. The fourth-order valence-corrected chi connectivity index (χ4v) is 1.94. The predicted molar refractivity (Wildman–Crippen MR) is 63.9 cm³/mol. The van der Waals surface area contributed by atoms with Crippen molar-refractivity contribution in [1.82, 2.24) is 14.5 Å². The van der Waals surface area contributed by atoms with Crippen LogP contribution in [0, 0.1) is 0 Å². The van der Waals surface area contributed by atoms with E-state index in [4.69, 9.17) is 0 Å². The Hall–Kier alpha value is -2.16. The van der Waals surface area contributed by atoms with Crippen LogP contribution in [0.2, 0.25) is 0 Å². The van der Waals surface area contributed by atoms with E-state index in [1.54, 1.807) is 0 Å². The van der Waals surface area contributed by atoms with E-state index in [-0.39, 0.29) is 0 Å². The van der Waals surface area contributed by atoms with Gasteiger partial charge in [-0.3, -0.25) is 4.98 Å². The molecule has 2 aromatic heterocycles. The summed E-state index contributed by atoms with van der Waals surface area (Å²) in [5.41, 5.74) is 4.24. The molecule has 0 aliphatic rings. The Kier molecular flexibility index (Phi) is 1.96. The Morgan fingerprint density at radius 2 is 1.94 bits per heavy atom. The number of hydrogen-bond acceptors (Lipinski definition) is 2. The molecular weight excluding hydrogens is 198 g/mol. The maximum Gasteiger partial charge on any atom is 0.0955 e. The van der Waals surface area contributed by atoms with Gasteiger partial charge in [-0.15, -0.1) is 0 Å². The molecule has 0 radical (unpaired) electrons. The second-order valence-electron chi connectivity index (χ2n) is 3.74. The average molecular weight is 209 g/mol. The number of benzene rings is 1. The van der Waals surface area contributed by atoms with Crippen molar-refractivity contribution in [2.45, 2.75) is 0 Å². The second-order valence-corrected chi connectivity index (χ2v) is 3.74. The minimum absolute atomic E-state index is 0.983. The van der Waals surface area contributed by atoms with Gasteiger partial charge in [-0.05, 0) is 18.2 Å². The summed E-state index contributed by atoms with van der Waals surface area (Å²) < 4.78 is 2.03. The highest BCUT2D eigenvalue weighted by Crippen LogP contribution is 2.25. The Bertz CT molecular complexity index is 626. The second kappa shape index (κ2) is 3.45. The quantitative estimate of drug-likeness (QED) is 0.616. The highest BCUT2D eigenvalue weighted by molar-refractivity contribution is 5.91. The summed E-state index contributed by atoms with van der Waals surface area (Å²) in [4.78, 5) is 8.72. The van der Waals surface area contributed by atoms with Gasteiger partial charge < -0.3 is 4.57 Å². The largest absolute Gasteiger partial charge is 0.333 e. The van der Waals surface area contributed by atoms with Crippen LogP contribution in [0.15, 0.2) is 48.9 Å². The van der Waals surface area contributed by atoms with Crippen LogP contribution in [-0.4, -0.2) is 14.5 Å². The van der Waals surface area contributed by atoms with E-state index in [9.17, 15) is 0 Å². The van der Waals surface area contributed by atoms with Crippen molar-refractivity contribution in [3.63, 3.8) is 0 Å². The SMILES string of the molecule is Cn1cnc2cccc(-c3ccccn3)c21. The number of hydrogen-bond donors (Lipinski definition) is 0. The van der Waals surface area contributed by atoms with Gasteiger partial charge in [0.2, 0.25) is 0 Å². The predicted octanol–water partition coefficient (Wildman–Crippen LogP) is 2.64. The lowest BCUT2D eigenvalue weighted by molar-refractivity contribution is 0.948. The van der Waals surface area contributed by atoms with Crippen LogP contribution in [0.3, 0.4) is 0 Å². The molecule has 1 aromatic carbocycles. The molecule has 0 saturated carbocycles. The molecule has 16 heavy (non-hydrogen) atoms. The van der Waals surface area contributed by atoms with Crippen LogP contribution < -0.4 is 0 Å². The number of imidazole rings is 1. The van der Waals surface area contributed by atoms with E-state index >= 15 is 0 Å². The molecule has 0 spiro atoms. The first-order valence-corrected chi connectivity index (χ1v) is 5.18. The summed E-state index contributed by atoms with van der Waals surface area (Å²) in [5.74, 6) is 0. The molecule has 3 nitrogen and oxygen atoms in total. The average Bonchev–Trinajstić information content (AvgIpc) is 2.73. The molecule has 0 fully saturated rings. The highest BCUT2D eigenvalue weighted by Gasteiger charge is 2.07. The topological polar surface area (TPSA) is 30.7 Å². The standard InChI is InChI=1S/C13H11N3/c1-16-9-15-12-7-4-5-10(13(12)16)11-6-2-3-8-14-11/h2-9H,1H3. The summed E-state index contributed by atoms with van der Waals surface area (Å²) >= 11 is 0. The number of aryl methyl sites for hydroxylation is 1. The van der Waals surface area contributed by atoms with Crippen molar-refractivity contribution in [3.8, 4) is 11.3 Å². The van der Waals surface area contributed by atoms with Crippen LogP contribution in [0.25, 0.3) is 22.3 Å². The van der Waals surface area contributed by atoms with Gasteiger partial charge in [0.15, 0.2) is 0 Å². The zero-order valence-electron chi connectivity index (χ0n) is 8.96. The van der Waals surface area contributed by atoms with Crippen LogP contribution in [0.1, 0.15) is 0 Å². The summed E-state index contributed by atoms with van der Waals surface area (Å²) in [6.07, 6.45) is 3.64. The number of para-hydroxylation sites is 1. The van der Waals surface area contributed by atoms with Gasteiger partial charge >= 0.3 is 0 Å². The van der Waals surface area contributed by atoms with Crippen molar-refractivity contribution in [2.75, 3.05) is 0 Å². The molecule has 0 atom stereocenters. The molecule has 0 unspecified atom stereocenters. The molecule has 3 heteroatoms. The van der Waals surface area contributed by atoms with Crippen LogP contribution in [-0.2, 0) is 7.05 Å². The lowest BCUT2D eigenvalue weighted by atomic mass is 10.1. The lowest BCUT2D eigenvalue weighted by Crippen LogP contribution is -1.89. The Morgan fingerprint density at radius 1 is 1.00 bits per heavy atom. The van der Waals surface area contributed by atoms with Gasteiger partial charge in [-0.25, -0.2) is 4.98 Å². The normalized spacial score (nSPS) is 10.8. The van der Waals surface area contributed by atoms with Crippen LogP contribution in [0.4, 0.5) is 0 Å². The van der Waals surface area contributed by atoms with Gasteiger partial charge in [0.05, 0.1) is 23.1 Å². The van der Waals surface area contributed by atoms with E-state index in [0.29, 0.717) is 0 Å². The summed E-state index contributed by atoms with van der Waals surface area (Å²) in [6.45, 7) is 0. The van der Waals surface area contributed by atoms with Crippen molar-refractivity contribution in [2.24, 2.45) is 7.05 Å². The molecule has 2 heterocycles. The van der Waals surface area contributed by atoms with Crippen molar-refractivity contribution in [3.05, 3.63) is 48.9 Å². The minimum Gasteiger partial charge on any atom is -0.333 e. The fraction of sp³-hybridized carbons (Fsp3) is 0.0769. The zero-order valence-corrected chi connectivity index (χ0v) is 8.96. The summed E-state index contributed by atoms with van der Waals surface area (Å²) in [5, 5.41) is 0. The monoisotopic (exact) mass is 209 g/mol. The van der Waals surface area contributed by atoms with E-state index in [1.165, 1.54) is 0 Å². The summed E-state index contributed by atoms with van der Waals surface area (Å²) in [7, 11) is 2.00. The van der Waals surface area contributed by atoms with Gasteiger partial charge in [-0.2, -0.15) is 0 Å². The van der Waals surface area contributed by atoms with Gasteiger partial charge in [0, 0.05) is 18.8 Å². The Morgan fingerprint density at radius 3 is 2.75 bits per heavy atom. The molecule has 0 amide bonds.